The van der Waals surface area contributed by atoms with Crippen molar-refractivity contribution in [2.75, 3.05) is 6.61 Å². The molecular formula is C21H19NO6. The van der Waals surface area contributed by atoms with Crippen LogP contribution in [-0.4, -0.2) is 47.9 Å². The summed E-state index contributed by atoms with van der Waals surface area (Å²) in [6.45, 7) is 1.98. The molecule has 0 unspecified atom stereocenters. The highest BCUT2D eigenvalue weighted by Crippen LogP contribution is 2.50. The number of hydrogen-bond donors (Lipinski definition) is 0. The van der Waals surface area contributed by atoms with Gasteiger partial charge in [-0.3, -0.25) is 14.5 Å². The molecule has 0 aliphatic carbocycles. The summed E-state index contributed by atoms with van der Waals surface area (Å²) in [6.07, 6.45) is -2.32. The summed E-state index contributed by atoms with van der Waals surface area (Å²) in [6, 6.07) is 16.1. The number of hydrogen-bond acceptors (Lipinski definition) is 7. The van der Waals surface area contributed by atoms with Crippen LogP contribution in [-0.2, 0) is 19.2 Å². The summed E-state index contributed by atoms with van der Waals surface area (Å²) in [5.41, 5.74) is 1.43. The van der Waals surface area contributed by atoms with Gasteiger partial charge in [0.15, 0.2) is 18.0 Å². The Morgan fingerprint density at radius 3 is 2.50 bits per heavy atom. The molecule has 0 N–H and O–H groups in total. The molecule has 28 heavy (non-hydrogen) atoms. The van der Waals surface area contributed by atoms with E-state index in [2.05, 4.69) is 0 Å². The highest BCUT2D eigenvalue weighted by molar-refractivity contribution is 6.00. The Balaban J connectivity index is 1.54. The lowest BCUT2D eigenvalue weighted by Crippen LogP contribution is -2.48. The van der Waals surface area contributed by atoms with Gasteiger partial charge in [-0.2, -0.15) is 0 Å². The first-order chi connectivity index (χ1) is 13.7. The predicted molar refractivity (Wildman–Crippen MR) is 96.4 cm³/mol. The highest BCUT2D eigenvalue weighted by atomic mass is 17.0. The Morgan fingerprint density at radius 2 is 1.71 bits per heavy atom. The molecule has 2 saturated heterocycles. The summed E-state index contributed by atoms with van der Waals surface area (Å²) in [4.78, 5) is 37.1. The minimum Gasteiger partial charge on any atom is -0.485 e. The zero-order chi connectivity index (χ0) is 19.3. The Kier molecular flexibility index (Phi) is 4.16. The topological polar surface area (TPSA) is 74.3 Å². The first-order valence-corrected chi connectivity index (χ1v) is 9.33. The zero-order valence-electron chi connectivity index (χ0n) is 15.2. The second-order valence-electron chi connectivity index (χ2n) is 6.96. The maximum Gasteiger partial charge on any atom is 0.341 e. The van der Waals surface area contributed by atoms with Crippen LogP contribution >= 0.6 is 0 Å². The molecule has 2 aromatic carbocycles. The number of Topliss-reactive ketones (excluding diaryl/α,β-unsaturated/α-hetero) is 1. The van der Waals surface area contributed by atoms with Crippen LogP contribution in [0.1, 0.15) is 28.8 Å². The fourth-order valence-electron chi connectivity index (χ4n) is 4.20. The van der Waals surface area contributed by atoms with Gasteiger partial charge in [-0.15, -0.1) is 0 Å². The monoisotopic (exact) mass is 381 g/mol. The molecule has 0 saturated carbocycles. The first kappa shape index (κ1) is 17.4. The van der Waals surface area contributed by atoms with Crippen LogP contribution in [0.25, 0.3) is 0 Å². The van der Waals surface area contributed by atoms with Crippen LogP contribution in [0.3, 0.4) is 0 Å². The van der Waals surface area contributed by atoms with Crippen molar-refractivity contribution in [3.63, 3.8) is 0 Å². The number of para-hydroxylation sites is 1. The van der Waals surface area contributed by atoms with Gasteiger partial charge < -0.3 is 9.47 Å². The molecular weight excluding hydrogens is 362 g/mol. The normalized spacial score (nSPS) is 30.2. The zero-order valence-corrected chi connectivity index (χ0v) is 15.2. The number of rotatable bonds is 4. The number of ether oxygens (including phenoxy) is 2. The van der Waals surface area contributed by atoms with Crippen molar-refractivity contribution >= 4 is 11.8 Å². The SMILES string of the molecule is CCOC(=O)[C@@H]1ON2O[C@H](C(=O)c3ccccc3)[C@H]3c4ccccc4O[C@@H]1[C@H]32. The summed E-state index contributed by atoms with van der Waals surface area (Å²) in [5.74, 6) is -0.326. The Hall–Kier alpha value is -2.74. The average Bonchev–Trinajstić information content (AvgIpc) is 3.28. The number of fused-ring (bicyclic) bond motifs is 2. The molecule has 0 bridgehead atoms. The number of ketones is 1. The van der Waals surface area contributed by atoms with E-state index in [4.69, 9.17) is 19.1 Å². The van der Waals surface area contributed by atoms with Crippen LogP contribution in [0.15, 0.2) is 54.6 Å². The third-order valence-corrected chi connectivity index (χ3v) is 5.38. The lowest BCUT2D eigenvalue weighted by molar-refractivity contribution is -0.347. The maximum absolute atomic E-state index is 13.2. The van der Waals surface area contributed by atoms with E-state index < -0.39 is 30.3 Å². The fraction of sp³-hybridized carbons (Fsp3) is 0.333. The molecule has 144 valence electrons. The van der Waals surface area contributed by atoms with E-state index in [1.165, 1.54) is 5.23 Å². The van der Waals surface area contributed by atoms with Gasteiger partial charge in [0.05, 0.1) is 6.61 Å². The highest BCUT2D eigenvalue weighted by Gasteiger charge is 2.64. The van der Waals surface area contributed by atoms with E-state index >= 15 is 0 Å². The van der Waals surface area contributed by atoms with E-state index in [-0.39, 0.29) is 18.3 Å². The molecule has 2 aromatic rings. The standard InChI is InChI=1S/C21H19NO6/c1-2-25-21(24)20-19-16-15(13-10-6-7-11-14(13)26-19)18(27-22(16)28-20)17(23)12-8-4-3-5-9-12/h3-11,15-16,18-20H,2H2,1H3/t15-,16-,18-,19+,20+/m0/s1. The maximum atomic E-state index is 13.2. The minimum absolute atomic E-state index is 0.133. The van der Waals surface area contributed by atoms with Gasteiger partial charge in [-0.1, -0.05) is 53.8 Å². The molecule has 5 atom stereocenters. The third kappa shape index (κ3) is 2.55. The largest absolute Gasteiger partial charge is 0.485 e. The minimum atomic E-state index is -0.936. The van der Waals surface area contributed by atoms with E-state index in [1.54, 1.807) is 19.1 Å². The number of nitrogens with zero attached hydrogens (tertiary/aromatic N) is 1. The Morgan fingerprint density at radius 1 is 1.00 bits per heavy atom. The first-order valence-electron chi connectivity index (χ1n) is 9.33. The van der Waals surface area contributed by atoms with E-state index in [0.29, 0.717) is 11.3 Å². The van der Waals surface area contributed by atoms with Crippen LogP contribution in [0.5, 0.6) is 5.75 Å². The van der Waals surface area contributed by atoms with Gasteiger partial charge >= 0.3 is 5.97 Å². The van der Waals surface area contributed by atoms with Crippen molar-refractivity contribution < 1.29 is 28.7 Å². The van der Waals surface area contributed by atoms with Gasteiger partial charge in [0, 0.05) is 17.0 Å². The average molecular weight is 381 g/mol. The van der Waals surface area contributed by atoms with E-state index in [1.807, 2.05) is 42.5 Å². The number of benzene rings is 2. The van der Waals surface area contributed by atoms with Gasteiger partial charge in [0.2, 0.25) is 6.10 Å². The Labute approximate surface area is 161 Å². The van der Waals surface area contributed by atoms with Crippen molar-refractivity contribution in [3.8, 4) is 5.75 Å². The number of hydroxylamine groups is 2. The van der Waals surface area contributed by atoms with Crippen LogP contribution in [0.4, 0.5) is 0 Å². The van der Waals surface area contributed by atoms with Crippen molar-refractivity contribution in [1.29, 1.82) is 0 Å². The van der Waals surface area contributed by atoms with Crippen molar-refractivity contribution in [2.24, 2.45) is 0 Å². The molecule has 2 fully saturated rings. The lowest BCUT2D eigenvalue weighted by atomic mass is 9.79. The van der Waals surface area contributed by atoms with E-state index in [0.717, 1.165) is 5.56 Å². The predicted octanol–water partition coefficient (Wildman–Crippen LogP) is 2.28. The second-order valence-corrected chi connectivity index (χ2v) is 6.96. The van der Waals surface area contributed by atoms with Gasteiger partial charge in [-0.25, -0.2) is 4.79 Å². The van der Waals surface area contributed by atoms with Gasteiger partial charge in [0.25, 0.3) is 0 Å². The molecule has 7 heteroatoms. The summed E-state index contributed by atoms with van der Waals surface area (Å²) >= 11 is 0. The van der Waals surface area contributed by atoms with Gasteiger partial charge in [0.1, 0.15) is 11.8 Å². The summed E-state index contributed by atoms with van der Waals surface area (Å²) in [7, 11) is 0. The molecule has 0 spiro atoms. The smallest absolute Gasteiger partial charge is 0.341 e. The molecule has 3 aliphatic rings. The second kappa shape index (κ2) is 6.70. The Bertz CT molecular complexity index is 916. The molecule has 3 aliphatic heterocycles. The van der Waals surface area contributed by atoms with Crippen LogP contribution < -0.4 is 4.74 Å². The number of carbonyl (C=O) groups is 2. The van der Waals surface area contributed by atoms with Crippen LogP contribution in [0.2, 0.25) is 0 Å². The quantitative estimate of drug-likeness (QED) is 0.594. The number of esters is 1. The molecule has 0 amide bonds. The fourth-order valence-corrected chi connectivity index (χ4v) is 4.20. The van der Waals surface area contributed by atoms with Crippen molar-refractivity contribution in [3.05, 3.63) is 65.7 Å². The molecule has 0 radical (unpaired) electrons. The number of carbonyl (C=O) groups excluding carboxylic acids is 2. The van der Waals surface area contributed by atoms with E-state index in [9.17, 15) is 9.59 Å². The molecule has 3 heterocycles. The van der Waals surface area contributed by atoms with Crippen molar-refractivity contribution in [2.45, 2.75) is 37.2 Å². The van der Waals surface area contributed by atoms with Crippen LogP contribution in [0, 0.1) is 0 Å². The lowest BCUT2D eigenvalue weighted by Gasteiger charge is -2.33. The summed E-state index contributed by atoms with van der Waals surface area (Å²) < 4.78 is 11.2. The van der Waals surface area contributed by atoms with Gasteiger partial charge in [-0.05, 0) is 13.0 Å². The summed E-state index contributed by atoms with van der Waals surface area (Å²) in [5, 5.41) is 1.26. The molecule has 0 aromatic heterocycles. The third-order valence-electron chi connectivity index (χ3n) is 5.38. The van der Waals surface area contributed by atoms with Crippen molar-refractivity contribution in [1.82, 2.24) is 5.23 Å². The molecule has 7 nitrogen and oxygen atoms in total. The molecule has 5 rings (SSSR count).